The quantitative estimate of drug-likeness (QED) is 0.327. The van der Waals surface area contributed by atoms with Crippen molar-refractivity contribution in [3.8, 4) is 21.9 Å². The van der Waals surface area contributed by atoms with Crippen LogP contribution in [0.25, 0.3) is 16.5 Å². The average molecular weight is 467 g/mol. The topological polar surface area (TPSA) is 110 Å². The molecular formula is C25H22O7S. The van der Waals surface area contributed by atoms with E-state index >= 15 is 0 Å². The molecule has 2 N–H and O–H groups in total. The summed E-state index contributed by atoms with van der Waals surface area (Å²) >= 11 is 1.51. The molecular weight excluding hydrogens is 444 g/mol. The standard InChI is InChI=1S/C25H22O7S/c1-25(2,24(29)30)32-20-14-21(31-3)18(22-5-4-12-33-22)13-17(20)10-11-19(26)15-6-8-16(9-7-15)23(27)28/h4-14H,1-3H3,(H,27,28)(H,29,30). The van der Waals surface area contributed by atoms with E-state index in [9.17, 15) is 19.5 Å². The van der Waals surface area contributed by atoms with Crippen LogP contribution in [0.15, 0.2) is 60.0 Å². The summed E-state index contributed by atoms with van der Waals surface area (Å²) < 4.78 is 11.3. The lowest BCUT2D eigenvalue weighted by Gasteiger charge is -2.24. The summed E-state index contributed by atoms with van der Waals surface area (Å²) in [5.74, 6) is -1.82. The van der Waals surface area contributed by atoms with Crippen molar-refractivity contribution in [2.45, 2.75) is 19.4 Å². The fraction of sp³-hybridized carbons (Fsp3) is 0.160. The molecule has 0 spiro atoms. The number of hydrogen-bond acceptors (Lipinski definition) is 6. The Balaban J connectivity index is 2.03. The van der Waals surface area contributed by atoms with E-state index in [-0.39, 0.29) is 17.1 Å². The fourth-order valence-corrected chi connectivity index (χ4v) is 3.69. The predicted molar refractivity (Wildman–Crippen MR) is 125 cm³/mol. The lowest BCUT2D eigenvalue weighted by molar-refractivity contribution is -0.152. The zero-order valence-electron chi connectivity index (χ0n) is 18.2. The smallest absolute Gasteiger partial charge is 0.347 e. The number of carboxylic acid groups (broad SMARTS) is 2. The lowest BCUT2D eigenvalue weighted by atomic mass is 10.0. The van der Waals surface area contributed by atoms with Gasteiger partial charge in [-0.25, -0.2) is 9.59 Å². The highest BCUT2D eigenvalue weighted by atomic mass is 32.1. The number of benzene rings is 2. The van der Waals surface area contributed by atoms with Crippen LogP contribution >= 0.6 is 11.3 Å². The van der Waals surface area contributed by atoms with Gasteiger partial charge in [-0.3, -0.25) is 4.79 Å². The zero-order chi connectivity index (χ0) is 24.2. The van der Waals surface area contributed by atoms with Crippen molar-refractivity contribution in [2.75, 3.05) is 7.11 Å². The van der Waals surface area contributed by atoms with Gasteiger partial charge >= 0.3 is 11.9 Å². The Morgan fingerprint density at radius 3 is 2.18 bits per heavy atom. The number of methoxy groups -OCH3 is 1. The molecule has 0 aliphatic rings. The van der Waals surface area contributed by atoms with Crippen LogP contribution in [0.4, 0.5) is 0 Å². The molecule has 3 aromatic rings. The van der Waals surface area contributed by atoms with Gasteiger partial charge in [-0.05, 0) is 55.6 Å². The Hall–Kier alpha value is -3.91. The molecule has 1 aromatic heterocycles. The van der Waals surface area contributed by atoms with E-state index in [1.165, 1.54) is 68.7 Å². The van der Waals surface area contributed by atoms with Crippen LogP contribution in [-0.4, -0.2) is 40.6 Å². The van der Waals surface area contributed by atoms with E-state index in [4.69, 9.17) is 14.6 Å². The Morgan fingerprint density at radius 1 is 0.970 bits per heavy atom. The maximum absolute atomic E-state index is 12.6. The second-order valence-corrected chi connectivity index (χ2v) is 8.51. The third kappa shape index (κ3) is 5.48. The summed E-state index contributed by atoms with van der Waals surface area (Å²) in [7, 11) is 1.51. The summed E-state index contributed by atoms with van der Waals surface area (Å²) in [4.78, 5) is 36.2. The van der Waals surface area contributed by atoms with Crippen LogP contribution in [0.1, 0.15) is 40.1 Å². The van der Waals surface area contributed by atoms with Crippen LogP contribution < -0.4 is 9.47 Å². The summed E-state index contributed by atoms with van der Waals surface area (Å²) in [6.45, 7) is 2.86. The molecule has 0 saturated carbocycles. The maximum atomic E-state index is 12.6. The number of allylic oxidation sites excluding steroid dienone is 1. The molecule has 0 amide bonds. The molecule has 0 unspecified atom stereocenters. The largest absolute Gasteiger partial charge is 0.496 e. The van der Waals surface area contributed by atoms with Gasteiger partial charge in [-0.15, -0.1) is 11.3 Å². The molecule has 170 valence electrons. The Morgan fingerprint density at radius 2 is 1.64 bits per heavy atom. The minimum absolute atomic E-state index is 0.0814. The first-order valence-corrected chi connectivity index (χ1v) is 10.7. The van der Waals surface area contributed by atoms with Gasteiger partial charge in [0.25, 0.3) is 0 Å². The number of ketones is 1. The van der Waals surface area contributed by atoms with Crippen LogP contribution in [0.5, 0.6) is 11.5 Å². The number of aliphatic carboxylic acids is 1. The highest BCUT2D eigenvalue weighted by Crippen LogP contribution is 2.39. The number of rotatable bonds is 9. The van der Waals surface area contributed by atoms with Crippen LogP contribution in [0.2, 0.25) is 0 Å². The second-order valence-electron chi connectivity index (χ2n) is 7.57. The molecule has 3 rings (SSSR count). The molecule has 7 nitrogen and oxygen atoms in total. The number of aromatic carboxylic acids is 1. The lowest BCUT2D eigenvalue weighted by Crippen LogP contribution is -2.38. The van der Waals surface area contributed by atoms with Gasteiger partial charge in [0, 0.05) is 27.6 Å². The van der Waals surface area contributed by atoms with Crippen LogP contribution in [-0.2, 0) is 4.79 Å². The van der Waals surface area contributed by atoms with E-state index in [0.29, 0.717) is 16.9 Å². The van der Waals surface area contributed by atoms with E-state index in [2.05, 4.69) is 0 Å². The number of carbonyl (C=O) groups excluding carboxylic acids is 1. The Labute approximate surface area is 194 Å². The van der Waals surface area contributed by atoms with E-state index in [0.717, 1.165) is 10.4 Å². The molecule has 0 aliphatic heterocycles. The van der Waals surface area contributed by atoms with Crippen molar-refractivity contribution < 1.29 is 34.1 Å². The molecule has 1 heterocycles. The zero-order valence-corrected chi connectivity index (χ0v) is 19.0. The minimum atomic E-state index is -1.52. The molecule has 0 saturated heterocycles. The highest BCUT2D eigenvalue weighted by Gasteiger charge is 2.30. The molecule has 0 radical (unpaired) electrons. The van der Waals surface area contributed by atoms with Gasteiger partial charge in [0.15, 0.2) is 11.4 Å². The van der Waals surface area contributed by atoms with Crippen molar-refractivity contribution >= 4 is 35.1 Å². The number of ether oxygens (including phenoxy) is 2. The number of hydrogen-bond donors (Lipinski definition) is 2. The van der Waals surface area contributed by atoms with Crippen molar-refractivity contribution in [3.05, 3.63) is 76.7 Å². The molecule has 2 aromatic carbocycles. The number of carboxylic acids is 2. The summed E-state index contributed by atoms with van der Waals surface area (Å²) in [5.41, 5.74) is 0.138. The van der Waals surface area contributed by atoms with Gasteiger partial charge in [0.05, 0.1) is 12.7 Å². The average Bonchev–Trinajstić information content (AvgIpc) is 3.32. The fourth-order valence-electron chi connectivity index (χ4n) is 2.95. The first kappa shape index (κ1) is 23.7. The molecule has 33 heavy (non-hydrogen) atoms. The van der Waals surface area contributed by atoms with Crippen LogP contribution in [0.3, 0.4) is 0 Å². The minimum Gasteiger partial charge on any atom is -0.496 e. The van der Waals surface area contributed by atoms with Gasteiger partial charge in [-0.1, -0.05) is 18.2 Å². The molecule has 8 heteroatoms. The van der Waals surface area contributed by atoms with Crippen molar-refractivity contribution in [1.82, 2.24) is 0 Å². The molecule has 0 bridgehead atoms. The summed E-state index contributed by atoms with van der Waals surface area (Å²) in [6, 6.07) is 12.8. The third-order valence-corrected chi connectivity index (χ3v) is 5.73. The van der Waals surface area contributed by atoms with E-state index in [1.807, 2.05) is 17.5 Å². The van der Waals surface area contributed by atoms with Crippen LogP contribution in [0, 0.1) is 0 Å². The summed E-state index contributed by atoms with van der Waals surface area (Å²) in [6.07, 6.45) is 2.87. The van der Waals surface area contributed by atoms with Gasteiger partial charge in [0.1, 0.15) is 11.5 Å². The molecule has 0 aliphatic carbocycles. The van der Waals surface area contributed by atoms with Gasteiger partial charge in [-0.2, -0.15) is 0 Å². The first-order valence-electron chi connectivity index (χ1n) is 9.86. The van der Waals surface area contributed by atoms with Crippen molar-refractivity contribution in [2.24, 2.45) is 0 Å². The van der Waals surface area contributed by atoms with Crippen molar-refractivity contribution in [1.29, 1.82) is 0 Å². The maximum Gasteiger partial charge on any atom is 0.347 e. The Bertz CT molecular complexity index is 1210. The SMILES string of the molecule is COc1cc(OC(C)(C)C(=O)O)c(C=CC(=O)c2ccc(C(=O)O)cc2)cc1-c1cccs1. The highest BCUT2D eigenvalue weighted by molar-refractivity contribution is 7.13. The van der Waals surface area contributed by atoms with Gasteiger partial charge in [0.2, 0.25) is 0 Å². The van der Waals surface area contributed by atoms with Crippen molar-refractivity contribution in [3.63, 3.8) is 0 Å². The number of thiophene rings is 1. The predicted octanol–water partition coefficient (Wildman–Crippen LogP) is 5.26. The molecule has 0 fully saturated rings. The summed E-state index contributed by atoms with van der Waals surface area (Å²) in [5, 5.41) is 20.4. The normalized spacial score (nSPS) is 11.4. The third-order valence-electron chi connectivity index (χ3n) is 4.83. The number of carbonyl (C=O) groups is 3. The Kier molecular flexibility index (Phi) is 6.98. The van der Waals surface area contributed by atoms with E-state index in [1.54, 1.807) is 12.1 Å². The second kappa shape index (κ2) is 9.70. The van der Waals surface area contributed by atoms with E-state index < -0.39 is 17.5 Å². The monoisotopic (exact) mass is 466 g/mol. The molecule has 0 atom stereocenters. The van der Waals surface area contributed by atoms with Gasteiger partial charge < -0.3 is 19.7 Å². The first-order chi connectivity index (χ1) is 15.6.